The predicted molar refractivity (Wildman–Crippen MR) is 113 cm³/mol. The predicted octanol–water partition coefficient (Wildman–Crippen LogP) is 3.70. The zero-order chi connectivity index (χ0) is 20.3. The number of hydrogen-bond acceptors (Lipinski definition) is 4. The molecule has 1 aromatic heterocycles. The highest BCUT2D eigenvalue weighted by Gasteiger charge is 2.26. The van der Waals surface area contributed by atoms with Gasteiger partial charge in [0.1, 0.15) is 11.4 Å². The fourth-order valence-electron chi connectivity index (χ4n) is 3.89. The van der Waals surface area contributed by atoms with Crippen molar-refractivity contribution in [2.24, 2.45) is 0 Å². The molecule has 3 rings (SSSR count). The van der Waals surface area contributed by atoms with Crippen LogP contribution in [-0.2, 0) is 11.3 Å². The molecule has 0 aliphatic carbocycles. The number of aromatic nitrogens is 1. The molecule has 6 heteroatoms. The maximum absolute atomic E-state index is 13.3. The molecule has 1 aliphatic rings. The molecule has 0 saturated carbocycles. The van der Waals surface area contributed by atoms with E-state index in [1.807, 2.05) is 42.7 Å². The van der Waals surface area contributed by atoms with E-state index in [9.17, 15) is 4.79 Å². The Morgan fingerprint density at radius 3 is 2.64 bits per heavy atom. The van der Waals surface area contributed by atoms with Gasteiger partial charge in [0, 0.05) is 30.9 Å². The third kappa shape index (κ3) is 3.78. The Kier molecular flexibility index (Phi) is 6.09. The van der Waals surface area contributed by atoms with E-state index in [4.69, 9.17) is 9.47 Å². The SMILES string of the molecule is C=CCn1c(C)c(N2CCOCC2)c(C)c1C(=O)Nc1cc(C)ccc1OC. The second-order valence-electron chi connectivity index (χ2n) is 7.06. The molecule has 28 heavy (non-hydrogen) atoms. The third-order valence-corrected chi connectivity index (χ3v) is 5.19. The molecule has 1 N–H and O–H groups in total. The van der Waals surface area contributed by atoms with E-state index < -0.39 is 0 Å². The van der Waals surface area contributed by atoms with Crippen molar-refractivity contribution >= 4 is 17.3 Å². The minimum absolute atomic E-state index is 0.147. The highest BCUT2D eigenvalue weighted by molar-refractivity contribution is 6.06. The monoisotopic (exact) mass is 383 g/mol. The van der Waals surface area contributed by atoms with Crippen LogP contribution in [0.5, 0.6) is 5.75 Å². The molecule has 1 aromatic carbocycles. The van der Waals surface area contributed by atoms with Gasteiger partial charge in [-0.2, -0.15) is 0 Å². The number of nitrogens with zero attached hydrogens (tertiary/aromatic N) is 2. The average molecular weight is 383 g/mol. The van der Waals surface area contributed by atoms with Crippen molar-refractivity contribution in [3.05, 3.63) is 53.4 Å². The van der Waals surface area contributed by atoms with E-state index in [0.717, 1.165) is 35.6 Å². The summed E-state index contributed by atoms with van der Waals surface area (Å²) in [5.74, 6) is 0.495. The highest BCUT2D eigenvalue weighted by Crippen LogP contribution is 2.33. The summed E-state index contributed by atoms with van der Waals surface area (Å²) in [5, 5.41) is 3.04. The highest BCUT2D eigenvalue weighted by atomic mass is 16.5. The largest absolute Gasteiger partial charge is 0.495 e. The van der Waals surface area contributed by atoms with Crippen LogP contribution in [0.15, 0.2) is 30.9 Å². The molecule has 2 heterocycles. The lowest BCUT2D eigenvalue weighted by Gasteiger charge is -2.29. The van der Waals surface area contributed by atoms with Gasteiger partial charge in [-0.3, -0.25) is 4.79 Å². The minimum Gasteiger partial charge on any atom is -0.495 e. The van der Waals surface area contributed by atoms with E-state index >= 15 is 0 Å². The Balaban J connectivity index is 2.01. The second kappa shape index (κ2) is 8.52. The number of methoxy groups -OCH3 is 1. The van der Waals surface area contributed by atoms with Gasteiger partial charge in [0.15, 0.2) is 0 Å². The quantitative estimate of drug-likeness (QED) is 0.773. The van der Waals surface area contributed by atoms with Crippen LogP contribution in [0.1, 0.15) is 27.3 Å². The molecule has 1 aliphatic heterocycles. The van der Waals surface area contributed by atoms with Crippen LogP contribution < -0.4 is 15.0 Å². The first-order valence-corrected chi connectivity index (χ1v) is 9.57. The number of carbonyl (C=O) groups excluding carboxylic acids is 1. The summed E-state index contributed by atoms with van der Waals surface area (Å²) in [5.41, 5.74) is 5.54. The zero-order valence-electron chi connectivity index (χ0n) is 17.2. The van der Waals surface area contributed by atoms with Crippen LogP contribution in [0.4, 0.5) is 11.4 Å². The Hall–Kier alpha value is -2.73. The fourth-order valence-corrected chi connectivity index (χ4v) is 3.89. The van der Waals surface area contributed by atoms with Crippen LogP contribution >= 0.6 is 0 Å². The van der Waals surface area contributed by atoms with E-state index in [-0.39, 0.29) is 5.91 Å². The number of aryl methyl sites for hydroxylation is 1. The van der Waals surface area contributed by atoms with Crippen molar-refractivity contribution in [3.8, 4) is 5.75 Å². The van der Waals surface area contributed by atoms with E-state index in [1.54, 1.807) is 7.11 Å². The molecule has 1 fully saturated rings. The summed E-state index contributed by atoms with van der Waals surface area (Å²) in [4.78, 5) is 15.6. The van der Waals surface area contributed by atoms with Gasteiger partial charge in [-0.1, -0.05) is 12.1 Å². The van der Waals surface area contributed by atoms with E-state index in [1.165, 1.54) is 0 Å². The van der Waals surface area contributed by atoms with Gasteiger partial charge < -0.3 is 24.3 Å². The molecule has 6 nitrogen and oxygen atoms in total. The molecular formula is C22H29N3O3. The van der Waals surface area contributed by atoms with Crippen LogP contribution in [0.25, 0.3) is 0 Å². The Labute approximate surface area is 166 Å². The van der Waals surface area contributed by atoms with Crippen LogP contribution in [-0.4, -0.2) is 43.9 Å². The third-order valence-electron chi connectivity index (χ3n) is 5.19. The zero-order valence-corrected chi connectivity index (χ0v) is 17.2. The van der Waals surface area contributed by atoms with Gasteiger partial charge in [-0.05, 0) is 38.5 Å². The molecule has 0 radical (unpaired) electrons. The number of nitrogens with one attached hydrogen (secondary N) is 1. The Bertz CT molecular complexity index is 880. The normalized spacial score (nSPS) is 14.1. The Morgan fingerprint density at radius 1 is 1.29 bits per heavy atom. The first-order valence-electron chi connectivity index (χ1n) is 9.57. The molecule has 2 aromatic rings. The second-order valence-corrected chi connectivity index (χ2v) is 7.06. The van der Waals surface area contributed by atoms with Crippen molar-refractivity contribution < 1.29 is 14.3 Å². The first kappa shape index (κ1) is 20.0. The van der Waals surface area contributed by atoms with Crippen molar-refractivity contribution in [1.82, 2.24) is 4.57 Å². The number of rotatable bonds is 6. The molecule has 150 valence electrons. The van der Waals surface area contributed by atoms with Crippen molar-refractivity contribution in [2.75, 3.05) is 43.6 Å². The number of ether oxygens (including phenoxy) is 2. The van der Waals surface area contributed by atoms with Crippen LogP contribution in [0, 0.1) is 20.8 Å². The standard InChI is InChI=1S/C22H29N3O3/c1-6-9-25-17(4)20(24-10-12-28-13-11-24)16(3)21(25)22(26)23-18-14-15(2)7-8-19(18)27-5/h6-8,14H,1,9-13H2,2-5H3,(H,23,26). The fraction of sp³-hybridized carbons (Fsp3) is 0.409. The lowest BCUT2D eigenvalue weighted by atomic mass is 10.1. The summed E-state index contributed by atoms with van der Waals surface area (Å²) < 4.78 is 12.9. The summed E-state index contributed by atoms with van der Waals surface area (Å²) in [7, 11) is 1.60. The van der Waals surface area contributed by atoms with Crippen molar-refractivity contribution in [3.63, 3.8) is 0 Å². The smallest absolute Gasteiger partial charge is 0.272 e. The molecule has 1 amide bonds. The molecular weight excluding hydrogens is 354 g/mol. The van der Waals surface area contributed by atoms with Crippen molar-refractivity contribution in [1.29, 1.82) is 0 Å². The van der Waals surface area contributed by atoms with Gasteiger partial charge in [0.25, 0.3) is 5.91 Å². The Morgan fingerprint density at radius 2 is 2.00 bits per heavy atom. The molecule has 0 atom stereocenters. The minimum atomic E-state index is -0.147. The topological polar surface area (TPSA) is 55.7 Å². The molecule has 0 spiro atoms. The first-order chi connectivity index (χ1) is 13.5. The molecule has 0 unspecified atom stereocenters. The maximum atomic E-state index is 13.3. The number of anilines is 2. The summed E-state index contributed by atoms with van der Waals surface area (Å²) in [6.07, 6.45) is 1.82. The number of allylic oxidation sites excluding steroid dienone is 1. The number of carbonyl (C=O) groups is 1. The lowest BCUT2D eigenvalue weighted by molar-refractivity contribution is 0.101. The average Bonchev–Trinajstić information content (AvgIpc) is 2.93. The molecule has 0 bridgehead atoms. The number of benzene rings is 1. The van der Waals surface area contributed by atoms with E-state index in [0.29, 0.717) is 36.9 Å². The van der Waals surface area contributed by atoms with Gasteiger partial charge in [0.05, 0.1) is 31.7 Å². The number of morpholine rings is 1. The summed E-state index contributed by atoms with van der Waals surface area (Å²) in [6.45, 7) is 13.6. The molecule has 1 saturated heterocycles. The summed E-state index contributed by atoms with van der Waals surface area (Å²) >= 11 is 0. The number of hydrogen-bond donors (Lipinski definition) is 1. The summed E-state index contributed by atoms with van der Waals surface area (Å²) in [6, 6.07) is 5.74. The van der Waals surface area contributed by atoms with E-state index in [2.05, 4.69) is 23.7 Å². The van der Waals surface area contributed by atoms with Crippen molar-refractivity contribution in [2.45, 2.75) is 27.3 Å². The van der Waals surface area contributed by atoms with Crippen LogP contribution in [0.2, 0.25) is 0 Å². The van der Waals surface area contributed by atoms with Gasteiger partial charge in [-0.25, -0.2) is 0 Å². The van der Waals surface area contributed by atoms with Gasteiger partial charge >= 0.3 is 0 Å². The van der Waals surface area contributed by atoms with Gasteiger partial charge in [0.2, 0.25) is 0 Å². The maximum Gasteiger partial charge on any atom is 0.272 e. The number of amides is 1. The van der Waals surface area contributed by atoms with Crippen LogP contribution in [0.3, 0.4) is 0 Å². The van der Waals surface area contributed by atoms with Gasteiger partial charge in [-0.15, -0.1) is 6.58 Å². The lowest BCUT2D eigenvalue weighted by Crippen LogP contribution is -2.36.